The van der Waals surface area contributed by atoms with Gasteiger partial charge in [-0.2, -0.15) is 0 Å². The average molecular weight is 591 g/mol. The first kappa shape index (κ1) is 29.6. The number of fused-ring (bicyclic) bond motifs is 3. The summed E-state index contributed by atoms with van der Waals surface area (Å²) < 4.78 is 5.89. The summed E-state index contributed by atoms with van der Waals surface area (Å²) in [6.45, 7) is 4.19. The zero-order valence-corrected chi connectivity index (χ0v) is 23.9. The lowest BCUT2D eigenvalue weighted by Gasteiger charge is -2.31. The van der Waals surface area contributed by atoms with Crippen LogP contribution < -0.4 is 36.6 Å². The van der Waals surface area contributed by atoms with Gasteiger partial charge in [-0.15, -0.1) is 0 Å². The van der Waals surface area contributed by atoms with E-state index in [4.69, 9.17) is 21.3 Å². The molecule has 2 aliphatic rings. The van der Waals surface area contributed by atoms with Gasteiger partial charge in [0.15, 0.2) is 6.61 Å². The van der Waals surface area contributed by atoms with E-state index < -0.39 is 13.2 Å². The number of halogens is 1. The Balaban J connectivity index is 1.44. The van der Waals surface area contributed by atoms with Crippen LogP contribution in [0.25, 0.3) is 0 Å². The van der Waals surface area contributed by atoms with Crippen LogP contribution in [0.3, 0.4) is 0 Å². The topological polar surface area (TPSA) is 148 Å². The Morgan fingerprint density at radius 2 is 1.79 bits per heavy atom. The lowest BCUT2D eigenvalue weighted by Crippen LogP contribution is -2.47. The highest BCUT2D eigenvalue weighted by molar-refractivity contribution is 6.58. The van der Waals surface area contributed by atoms with E-state index in [1.807, 2.05) is 38.1 Å². The van der Waals surface area contributed by atoms with Crippen molar-refractivity contribution in [2.24, 2.45) is 4.99 Å². The van der Waals surface area contributed by atoms with Crippen molar-refractivity contribution >= 4 is 53.1 Å². The molecule has 3 aromatic rings. The molecule has 2 heterocycles. The smallest absolute Gasteiger partial charge is 0.484 e. The van der Waals surface area contributed by atoms with Crippen molar-refractivity contribution in [3.8, 4) is 5.75 Å². The van der Waals surface area contributed by atoms with Crippen LogP contribution in [-0.2, 0) is 9.59 Å². The maximum Gasteiger partial charge on any atom is 0.488 e. The second-order valence-corrected chi connectivity index (χ2v) is 10.5. The molecule has 1 saturated heterocycles. The molecule has 2 unspecified atom stereocenters. The number of anilines is 2. The molecule has 3 atom stereocenters. The summed E-state index contributed by atoms with van der Waals surface area (Å²) in [6.07, 6.45) is -0.202. The van der Waals surface area contributed by atoms with Crippen LogP contribution in [0.5, 0.6) is 5.75 Å². The van der Waals surface area contributed by atoms with E-state index in [2.05, 4.69) is 26.4 Å². The Morgan fingerprint density at radius 1 is 1.05 bits per heavy atom. The zero-order chi connectivity index (χ0) is 29.8. The molecule has 0 aliphatic carbocycles. The fourth-order valence-electron chi connectivity index (χ4n) is 5.09. The molecule has 42 heavy (non-hydrogen) atoms. The first-order valence-corrected chi connectivity index (χ1v) is 14.0. The minimum atomic E-state index is -1.58. The first-order chi connectivity index (χ1) is 20.2. The maximum atomic E-state index is 12.7. The van der Waals surface area contributed by atoms with Crippen molar-refractivity contribution in [1.82, 2.24) is 16.2 Å². The molecule has 0 spiro atoms. The van der Waals surface area contributed by atoms with Crippen LogP contribution in [0.15, 0.2) is 71.7 Å². The average Bonchev–Trinajstić information content (AvgIpc) is 3.29. The second kappa shape index (κ2) is 12.9. The summed E-state index contributed by atoms with van der Waals surface area (Å²) in [5.41, 5.74) is 10.6. The van der Waals surface area contributed by atoms with Gasteiger partial charge in [-0.25, -0.2) is 10.9 Å². The first-order valence-electron chi connectivity index (χ1n) is 13.7. The number of ether oxygens (including phenoxy) is 1. The summed E-state index contributed by atoms with van der Waals surface area (Å²) in [4.78, 5) is 32.6. The molecular formula is C29H32BClN6O5. The standard InChI is InChI=1S/C29H32BClN6O5/c1-3-32-26(38)15-24-29-36-35-17(2)37(29)25-13-12-22(14-23(25)28(34-24)18-4-8-20(31)9-5-18)42-16-27(39)33-21-10-6-19(7-11-21)30(40)41/h4-14,17,24,29,35-36,40-41H,3,15-16H2,1-2H3,(H,32,38)(H,33,39)/t17?,24-,29?/m0/s1. The molecule has 0 radical (unpaired) electrons. The van der Waals surface area contributed by atoms with Crippen molar-refractivity contribution in [3.63, 3.8) is 0 Å². The van der Waals surface area contributed by atoms with Crippen molar-refractivity contribution in [3.05, 3.63) is 82.9 Å². The number of hydrogen-bond acceptors (Lipinski definition) is 9. The molecule has 5 rings (SSSR count). The summed E-state index contributed by atoms with van der Waals surface area (Å²) in [5, 5.41) is 24.7. The molecule has 6 N–H and O–H groups in total. The second-order valence-electron chi connectivity index (χ2n) is 10.0. The van der Waals surface area contributed by atoms with Gasteiger partial charge in [-0.05, 0) is 61.8 Å². The number of aliphatic imine (C=N–C) groups is 1. The number of nitrogens with zero attached hydrogens (tertiary/aromatic N) is 2. The van der Waals surface area contributed by atoms with Gasteiger partial charge in [0.25, 0.3) is 5.91 Å². The number of rotatable bonds is 9. The molecule has 1 fully saturated rings. The number of carbonyl (C=O) groups is 2. The highest BCUT2D eigenvalue weighted by atomic mass is 35.5. The molecule has 0 saturated carbocycles. The molecule has 0 bridgehead atoms. The van der Waals surface area contributed by atoms with E-state index in [0.717, 1.165) is 16.8 Å². The zero-order valence-electron chi connectivity index (χ0n) is 23.2. The highest BCUT2D eigenvalue weighted by Crippen LogP contribution is 2.36. The van der Waals surface area contributed by atoms with Crippen LogP contribution in [0, 0.1) is 0 Å². The molecule has 3 aromatic carbocycles. The fraction of sp³-hybridized carbons (Fsp3) is 0.276. The number of hydrazine groups is 1. The number of hydrogen-bond donors (Lipinski definition) is 6. The monoisotopic (exact) mass is 590 g/mol. The number of benzene rings is 3. The number of nitrogens with one attached hydrogen (secondary N) is 4. The predicted molar refractivity (Wildman–Crippen MR) is 163 cm³/mol. The Labute approximate surface area is 249 Å². The number of amides is 2. The maximum absolute atomic E-state index is 12.7. The van der Waals surface area contributed by atoms with E-state index in [0.29, 0.717) is 34.2 Å². The molecule has 2 aliphatic heterocycles. The molecule has 0 aromatic heterocycles. The Morgan fingerprint density at radius 3 is 2.48 bits per heavy atom. The van der Waals surface area contributed by atoms with Crippen molar-refractivity contribution in [1.29, 1.82) is 0 Å². The Kier molecular flexibility index (Phi) is 9.10. The van der Waals surface area contributed by atoms with Gasteiger partial charge in [0.1, 0.15) is 11.9 Å². The van der Waals surface area contributed by atoms with Crippen molar-refractivity contribution in [2.75, 3.05) is 23.4 Å². The van der Waals surface area contributed by atoms with E-state index in [9.17, 15) is 19.6 Å². The highest BCUT2D eigenvalue weighted by Gasteiger charge is 2.40. The largest absolute Gasteiger partial charge is 0.488 e. The molecule has 11 nitrogen and oxygen atoms in total. The lowest BCUT2D eigenvalue weighted by atomic mass is 9.80. The summed E-state index contributed by atoms with van der Waals surface area (Å²) in [6, 6.07) is 18.7. The third-order valence-electron chi connectivity index (χ3n) is 7.07. The van der Waals surface area contributed by atoms with Crippen LogP contribution in [0.4, 0.5) is 11.4 Å². The third-order valence-corrected chi connectivity index (χ3v) is 7.32. The third kappa shape index (κ3) is 6.58. The van der Waals surface area contributed by atoms with Gasteiger partial charge < -0.3 is 30.3 Å². The van der Waals surface area contributed by atoms with Gasteiger partial charge in [0.05, 0.1) is 24.3 Å². The summed E-state index contributed by atoms with van der Waals surface area (Å²) in [5.74, 6) is -0.000510. The van der Waals surface area contributed by atoms with Gasteiger partial charge in [-0.3, -0.25) is 14.6 Å². The SMILES string of the molecule is CCNC(=O)C[C@@H]1N=C(c2ccc(Cl)cc2)c2cc(OCC(=O)Nc3ccc(B(O)O)cc3)ccc2N2C(C)NNC12. The van der Waals surface area contributed by atoms with Crippen LogP contribution in [0.1, 0.15) is 31.4 Å². The van der Waals surface area contributed by atoms with Crippen molar-refractivity contribution < 1.29 is 24.4 Å². The predicted octanol–water partition coefficient (Wildman–Crippen LogP) is 1.37. The quantitative estimate of drug-likeness (QED) is 0.205. The fourth-order valence-corrected chi connectivity index (χ4v) is 5.22. The summed E-state index contributed by atoms with van der Waals surface area (Å²) >= 11 is 6.19. The van der Waals surface area contributed by atoms with Crippen LogP contribution in [0.2, 0.25) is 5.02 Å². The van der Waals surface area contributed by atoms with Gasteiger partial charge >= 0.3 is 7.12 Å². The van der Waals surface area contributed by atoms with E-state index in [1.54, 1.807) is 30.3 Å². The molecule has 218 valence electrons. The van der Waals surface area contributed by atoms with Gasteiger partial charge in [0.2, 0.25) is 5.91 Å². The Hall–Kier alpha value is -3.94. The van der Waals surface area contributed by atoms with Gasteiger partial charge in [-0.1, -0.05) is 35.9 Å². The normalized spacial score (nSPS) is 19.2. The van der Waals surface area contributed by atoms with Crippen LogP contribution >= 0.6 is 11.6 Å². The Bertz CT molecular complexity index is 1470. The lowest BCUT2D eigenvalue weighted by molar-refractivity contribution is -0.121. The van der Waals surface area contributed by atoms with E-state index >= 15 is 0 Å². The minimum absolute atomic E-state index is 0.0915. The minimum Gasteiger partial charge on any atom is -0.484 e. The number of carbonyl (C=O) groups excluding carboxylic acids is 2. The molecular weight excluding hydrogens is 559 g/mol. The summed E-state index contributed by atoms with van der Waals surface area (Å²) in [7, 11) is -1.58. The van der Waals surface area contributed by atoms with Gasteiger partial charge in [0, 0.05) is 34.1 Å². The van der Waals surface area contributed by atoms with Crippen LogP contribution in [-0.4, -0.2) is 66.2 Å². The van der Waals surface area contributed by atoms with E-state index in [1.165, 1.54) is 12.1 Å². The molecule has 13 heteroatoms. The molecule has 2 amide bonds. The van der Waals surface area contributed by atoms with Crippen molar-refractivity contribution in [2.45, 2.75) is 38.6 Å². The van der Waals surface area contributed by atoms with E-state index in [-0.39, 0.29) is 37.2 Å².